The SMILES string of the molecule is Cc1ccc(-c2cn(-c3ccc(C)cc3)c(NC(=O)CN(CC(C)C)C(=O)c3ccccc3)n2)cc1. The van der Waals surface area contributed by atoms with Crippen LogP contribution < -0.4 is 5.32 Å². The first-order valence-corrected chi connectivity index (χ1v) is 12.2. The summed E-state index contributed by atoms with van der Waals surface area (Å²) in [6.07, 6.45) is 1.92. The summed E-state index contributed by atoms with van der Waals surface area (Å²) in [5, 5.41) is 2.95. The van der Waals surface area contributed by atoms with Crippen molar-refractivity contribution in [2.45, 2.75) is 27.7 Å². The van der Waals surface area contributed by atoms with Crippen molar-refractivity contribution in [3.8, 4) is 16.9 Å². The molecule has 3 aromatic carbocycles. The summed E-state index contributed by atoms with van der Waals surface area (Å²) in [4.78, 5) is 32.7. The van der Waals surface area contributed by atoms with Gasteiger partial charge in [0.1, 0.15) is 6.54 Å². The molecule has 0 unspecified atom stereocenters. The number of nitrogens with zero attached hydrogens (tertiary/aromatic N) is 3. The number of carbonyl (C=O) groups is 2. The second-order valence-electron chi connectivity index (χ2n) is 9.52. The summed E-state index contributed by atoms with van der Waals surface area (Å²) in [6.45, 7) is 8.54. The van der Waals surface area contributed by atoms with E-state index < -0.39 is 0 Å². The van der Waals surface area contributed by atoms with Gasteiger partial charge in [-0.3, -0.25) is 19.5 Å². The van der Waals surface area contributed by atoms with Crippen molar-refractivity contribution in [3.05, 3.63) is 102 Å². The first kappa shape index (κ1) is 24.9. The number of hydrogen-bond acceptors (Lipinski definition) is 3. The lowest BCUT2D eigenvalue weighted by atomic mass is 10.1. The van der Waals surface area contributed by atoms with E-state index in [0.717, 1.165) is 22.5 Å². The number of aryl methyl sites for hydroxylation is 2. The fraction of sp³-hybridized carbons (Fsp3) is 0.233. The molecule has 0 aliphatic rings. The van der Waals surface area contributed by atoms with Gasteiger partial charge in [-0.2, -0.15) is 0 Å². The number of nitrogens with one attached hydrogen (secondary N) is 1. The summed E-state index contributed by atoms with van der Waals surface area (Å²) in [5.41, 5.74) is 5.48. The molecule has 1 N–H and O–H groups in total. The molecule has 0 saturated heterocycles. The Hall–Kier alpha value is -4.19. The molecule has 0 aliphatic carbocycles. The fourth-order valence-electron chi connectivity index (χ4n) is 3.99. The molecule has 0 bridgehead atoms. The number of carbonyl (C=O) groups excluding carboxylic acids is 2. The largest absolute Gasteiger partial charge is 0.329 e. The maximum Gasteiger partial charge on any atom is 0.254 e. The first-order valence-electron chi connectivity index (χ1n) is 12.2. The number of amides is 2. The number of anilines is 1. The normalized spacial score (nSPS) is 10.9. The zero-order valence-corrected chi connectivity index (χ0v) is 21.2. The van der Waals surface area contributed by atoms with Crippen molar-refractivity contribution in [1.29, 1.82) is 0 Å². The molecule has 0 atom stereocenters. The highest BCUT2D eigenvalue weighted by molar-refractivity contribution is 5.99. The molecule has 0 saturated carbocycles. The maximum absolute atomic E-state index is 13.2. The van der Waals surface area contributed by atoms with Gasteiger partial charge in [0.05, 0.1) is 5.69 Å². The zero-order valence-electron chi connectivity index (χ0n) is 21.2. The summed E-state index contributed by atoms with van der Waals surface area (Å²) in [7, 11) is 0. The van der Waals surface area contributed by atoms with E-state index in [9.17, 15) is 9.59 Å². The second-order valence-corrected chi connectivity index (χ2v) is 9.52. The van der Waals surface area contributed by atoms with Crippen LogP contribution in [-0.2, 0) is 4.79 Å². The van der Waals surface area contributed by atoms with Gasteiger partial charge in [-0.25, -0.2) is 4.98 Å². The van der Waals surface area contributed by atoms with Crippen LogP contribution in [0.3, 0.4) is 0 Å². The molecular formula is C30H32N4O2. The Morgan fingerprint density at radius 1 is 0.889 bits per heavy atom. The molecule has 1 heterocycles. The van der Waals surface area contributed by atoms with Gasteiger partial charge >= 0.3 is 0 Å². The van der Waals surface area contributed by atoms with Crippen molar-refractivity contribution >= 4 is 17.8 Å². The highest BCUT2D eigenvalue weighted by Crippen LogP contribution is 2.25. The lowest BCUT2D eigenvalue weighted by Gasteiger charge is -2.24. The van der Waals surface area contributed by atoms with Gasteiger partial charge < -0.3 is 4.90 Å². The van der Waals surface area contributed by atoms with Crippen LogP contribution in [0.1, 0.15) is 35.3 Å². The van der Waals surface area contributed by atoms with E-state index in [-0.39, 0.29) is 24.3 Å². The van der Waals surface area contributed by atoms with Gasteiger partial charge in [-0.05, 0) is 44.0 Å². The Morgan fingerprint density at radius 2 is 1.50 bits per heavy atom. The van der Waals surface area contributed by atoms with Crippen LogP contribution in [0.25, 0.3) is 16.9 Å². The maximum atomic E-state index is 13.2. The monoisotopic (exact) mass is 480 g/mol. The number of aromatic nitrogens is 2. The van der Waals surface area contributed by atoms with Crippen LogP contribution in [0.2, 0.25) is 0 Å². The van der Waals surface area contributed by atoms with Crippen molar-refractivity contribution in [3.63, 3.8) is 0 Å². The predicted molar refractivity (Wildman–Crippen MR) is 144 cm³/mol. The molecule has 0 fully saturated rings. The average molecular weight is 481 g/mol. The van der Waals surface area contributed by atoms with Gasteiger partial charge in [0.2, 0.25) is 11.9 Å². The van der Waals surface area contributed by atoms with Crippen LogP contribution in [0, 0.1) is 19.8 Å². The van der Waals surface area contributed by atoms with E-state index in [1.54, 1.807) is 17.0 Å². The van der Waals surface area contributed by atoms with Gasteiger partial charge in [-0.1, -0.05) is 79.6 Å². The Morgan fingerprint density at radius 3 is 2.11 bits per heavy atom. The summed E-state index contributed by atoms with van der Waals surface area (Å²) >= 11 is 0. The molecule has 0 aliphatic heterocycles. The fourth-order valence-corrected chi connectivity index (χ4v) is 3.99. The Kier molecular flexibility index (Phi) is 7.64. The molecule has 36 heavy (non-hydrogen) atoms. The topological polar surface area (TPSA) is 67.2 Å². The Labute approximate surface area is 212 Å². The highest BCUT2D eigenvalue weighted by atomic mass is 16.2. The molecule has 1 aromatic heterocycles. The molecule has 2 amide bonds. The average Bonchev–Trinajstić information content (AvgIpc) is 3.27. The predicted octanol–water partition coefficient (Wildman–Crippen LogP) is 5.89. The lowest BCUT2D eigenvalue weighted by Crippen LogP contribution is -2.40. The van der Waals surface area contributed by atoms with E-state index in [1.807, 2.05) is 105 Å². The van der Waals surface area contributed by atoms with E-state index in [2.05, 4.69) is 5.32 Å². The molecule has 0 radical (unpaired) electrons. The first-order chi connectivity index (χ1) is 17.3. The smallest absolute Gasteiger partial charge is 0.254 e. The van der Waals surface area contributed by atoms with Gasteiger partial charge in [0.15, 0.2) is 0 Å². The number of rotatable bonds is 8. The highest BCUT2D eigenvalue weighted by Gasteiger charge is 2.21. The van der Waals surface area contributed by atoms with E-state index in [0.29, 0.717) is 18.1 Å². The Bertz CT molecular complexity index is 1320. The third-order valence-corrected chi connectivity index (χ3v) is 5.84. The molecule has 4 aromatic rings. The van der Waals surface area contributed by atoms with Crippen LogP contribution in [0.15, 0.2) is 85.1 Å². The summed E-state index contributed by atoms with van der Waals surface area (Å²) in [6, 6.07) is 25.2. The quantitative estimate of drug-likeness (QED) is 0.342. The van der Waals surface area contributed by atoms with Gasteiger partial charge in [-0.15, -0.1) is 0 Å². The Balaban J connectivity index is 1.62. The number of benzene rings is 3. The minimum absolute atomic E-state index is 0.0630. The molecule has 184 valence electrons. The second kappa shape index (κ2) is 11.0. The molecule has 0 spiro atoms. The molecule has 4 rings (SSSR count). The van der Waals surface area contributed by atoms with Crippen molar-refractivity contribution in [1.82, 2.24) is 14.5 Å². The third-order valence-electron chi connectivity index (χ3n) is 5.84. The minimum Gasteiger partial charge on any atom is -0.329 e. The lowest BCUT2D eigenvalue weighted by molar-refractivity contribution is -0.117. The van der Waals surface area contributed by atoms with Crippen LogP contribution >= 0.6 is 0 Å². The van der Waals surface area contributed by atoms with Crippen molar-refractivity contribution < 1.29 is 9.59 Å². The third kappa shape index (κ3) is 6.08. The van der Waals surface area contributed by atoms with Gasteiger partial charge in [0.25, 0.3) is 5.91 Å². The van der Waals surface area contributed by atoms with Crippen LogP contribution in [0.5, 0.6) is 0 Å². The summed E-state index contributed by atoms with van der Waals surface area (Å²) < 4.78 is 1.87. The van der Waals surface area contributed by atoms with Crippen LogP contribution in [0.4, 0.5) is 5.95 Å². The standard InChI is InChI=1S/C30H32N4O2/c1-21(2)18-33(29(36)25-8-6-5-7-9-25)20-28(35)32-30-31-27(24-14-10-22(3)11-15-24)19-34(30)26-16-12-23(4)13-17-26/h5-17,19,21H,18,20H2,1-4H3,(H,31,32,35). The molecular weight excluding hydrogens is 448 g/mol. The van der Waals surface area contributed by atoms with Gasteiger partial charge in [0, 0.05) is 29.6 Å². The van der Waals surface area contributed by atoms with Crippen LogP contribution in [-0.4, -0.2) is 39.4 Å². The zero-order chi connectivity index (χ0) is 25.7. The van der Waals surface area contributed by atoms with Crippen molar-refractivity contribution in [2.75, 3.05) is 18.4 Å². The van der Waals surface area contributed by atoms with E-state index >= 15 is 0 Å². The molecule has 6 heteroatoms. The molecule has 6 nitrogen and oxygen atoms in total. The number of imidazole rings is 1. The van der Waals surface area contributed by atoms with Crippen molar-refractivity contribution in [2.24, 2.45) is 5.92 Å². The summed E-state index contributed by atoms with van der Waals surface area (Å²) in [5.74, 6) is 0.167. The van der Waals surface area contributed by atoms with E-state index in [4.69, 9.17) is 4.98 Å². The minimum atomic E-state index is -0.297. The van der Waals surface area contributed by atoms with E-state index in [1.165, 1.54) is 5.56 Å². The number of hydrogen-bond donors (Lipinski definition) is 1.